The van der Waals surface area contributed by atoms with Crippen LogP contribution in [0, 0.1) is 0 Å². The number of hydrogen-bond donors (Lipinski definition) is 1. The fraction of sp³-hybridized carbons (Fsp3) is 0.579. The Bertz CT molecular complexity index is 570. The number of para-hydroxylation sites is 1. The maximum Gasteiger partial charge on any atom is 0.285 e. The van der Waals surface area contributed by atoms with Crippen LogP contribution in [0.3, 0.4) is 0 Å². The van der Waals surface area contributed by atoms with Crippen molar-refractivity contribution in [2.45, 2.75) is 69.8 Å². The molecule has 1 fully saturated rings. The highest BCUT2D eigenvalue weighted by Gasteiger charge is 2.49. The van der Waals surface area contributed by atoms with Gasteiger partial charge in [-0.25, -0.2) is 0 Å². The number of hydrogen-bond acceptors (Lipinski definition) is 3. The van der Waals surface area contributed by atoms with Gasteiger partial charge in [0.25, 0.3) is 5.91 Å². The molecule has 0 spiro atoms. The minimum Gasteiger partial charge on any atom is -0.374 e. The van der Waals surface area contributed by atoms with E-state index in [4.69, 9.17) is 0 Å². The van der Waals surface area contributed by atoms with Crippen molar-refractivity contribution in [3.63, 3.8) is 0 Å². The summed E-state index contributed by atoms with van der Waals surface area (Å²) < 4.78 is 0. The second-order valence-electron chi connectivity index (χ2n) is 6.69. The average molecular weight is 314 g/mol. The molecule has 1 aliphatic carbocycles. The second kappa shape index (κ2) is 7.26. The van der Waals surface area contributed by atoms with Gasteiger partial charge in [-0.2, -0.15) is 10.1 Å². The lowest BCUT2D eigenvalue weighted by Gasteiger charge is -2.24. The molecule has 0 unspecified atom stereocenters. The Labute approximate surface area is 138 Å². The monoisotopic (exact) mass is 314 g/mol. The standard InChI is InChI=1S/C19H26N2O2/c22-18-19(23)15-11-6-4-2-1-3-5-10-14-17(19)20-21(18)16-12-8-7-9-13-16/h7-9,12-13,23H,1-6,10-11,14-15H2/t19-/m0/s1. The molecule has 0 aromatic heterocycles. The van der Waals surface area contributed by atoms with Gasteiger partial charge in [-0.1, -0.05) is 56.7 Å². The van der Waals surface area contributed by atoms with Crippen molar-refractivity contribution in [1.82, 2.24) is 0 Å². The molecule has 0 bridgehead atoms. The van der Waals surface area contributed by atoms with E-state index in [2.05, 4.69) is 5.10 Å². The van der Waals surface area contributed by atoms with Gasteiger partial charge >= 0.3 is 0 Å². The summed E-state index contributed by atoms with van der Waals surface area (Å²) in [5, 5.41) is 17.0. The third kappa shape index (κ3) is 3.47. The Morgan fingerprint density at radius 1 is 0.913 bits per heavy atom. The zero-order valence-electron chi connectivity index (χ0n) is 13.7. The number of benzene rings is 1. The molecule has 1 atom stereocenters. The Morgan fingerprint density at radius 3 is 2.22 bits per heavy atom. The first-order valence-electron chi connectivity index (χ1n) is 8.92. The molecule has 1 aromatic carbocycles. The van der Waals surface area contributed by atoms with Gasteiger partial charge in [0.05, 0.1) is 11.4 Å². The van der Waals surface area contributed by atoms with Crippen LogP contribution in [-0.2, 0) is 4.79 Å². The van der Waals surface area contributed by atoms with E-state index >= 15 is 0 Å². The Balaban J connectivity index is 1.83. The van der Waals surface area contributed by atoms with Crippen LogP contribution < -0.4 is 5.01 Å². The number of rotatable bonds is 1. The number of carbonyl (C=O) groups is 1. The van der Waals surface area contributed by atoms with Gasteiger partial charge in [0.2, 0.25) is 0 Å². The van der Waals surface area contributed by atoms with E-state index in [1.807, 2.05) is 30.3 Å². The van der Waals surface area contributed by atoms with E-state index in [1.165, 1.54) is 30.7 Å². The van der Waals surface area contributed by atoms with Crippen LogP contribution in [0.2, 0.25) is 0 Å². The van der Waals surface area contributed by atoms with Crippen molar-refractivity contribution >= 4 is 17.3 Å². The highest BCUT2D eigenvalue weighted by Crippen LogP contribution is 2.32. The topological polar surface area (TPSA) is 52.9 Å². The molecular formula is C19H26N2O2. The summed E-state index contributed by atoms with van der Waals surface area (Å²) in [6.07, 6.45) is 10.3. The number of hydrazone groups is 1. The fourth-order valence-electron chi connectivity index (χ4n) is 3.53. The van der Waals surface area contributed by atoms with Crippen molar-refractivity contribution in [2.24, 2.45) is 5.10 Å². The number of aliphatic hydroxyl groups is 1. The maximum absolute atomic E-state index is 12.8. The minimum atomic E-state index is -1.39. The lowest BCUT2D eigenvalue weighted by molar-refractivity contribution is -0.130. The molecule has 1 saturated carbocycles. The SMILES string of the molecule is O=C1N(c2ccccc2)N=C2CCCCCCCCCC[C@@]12O. The molecule has 4 heteroatoms. The first-order valence-corrected chi connectivity index (χ1v) is 8.92. The van der Waals surface area contributed by atoms with Crippen LogP contribution >= 0.6 is 0 Å². The lowest BCUT2D eigenvalue weighted by Crippen LogP contribution is -2.46. The Morgan fingerprint density at radius 2 is 1.52 bits per heavy atom. The molecular weight excluding hydrogens is 288 g/mol. The summed E-state index contributed by atoms with van der Waals surface area (Å²) in [5.74, 6) is -0.282. The van der Waals surface area contributed by atoms with Crippen LogP contribution in [0.15, 0.2) is 35.4 Å². The first kappa shape index (κ1) is 16.2. The fourth-order valence-corrected chi connectivity index (χ4v) is 3.53. The Kier molecular flexibility index (Phi) is 5.11. The lowest BCUT2D eigenvalue weighted by atomic mass is 9.87. The van der Waals surface area contributed by atoms with Crippen LogP contribution in [0.1, 0.15) is 64.2 Å². The normalized spacial score (nSPS) is 26.9. The molecule has 1 aromatic rings. The van der Waals surface area contributed by atoms with Gasteiger partial charge in [-0.15, -0.1) is 0 Å². The predicted octanol–water partition coefficient (Wildman–Crippen LogP) is 4.03. The quantitative estimate of drug-likeness (QED) is 0.850. The summed E-state index contributed by atoms with van der Waals surface area (Å²) >= 11 is 0. The van der Waals surface area contributed by atoms with E-state index in [0.717, 1.165) is 31.4 Å². The van der Waals surface area contributed by atoms with Crippen LogP contribution in [0.5, 0.6) is 0 Å². The van der Waals surface area contributed by atoms with Crippen molar-refractivity contribution < 1.29 is 9.90 Å². The molecule has 124 valence electrons. The molecule has 1 N–H and O–H groups in total. The molecule has 0 saturated heterocycles. The van der Waals surface area contributed by atoms with Gasteiger partial charge in [-0.3, -0.25) is 4.79 Å². The maximum atomic E-state index is 12.8. The smallest absolute Gasteiger partial charge is 0.285 e. The highest BCUT2D eigenvalue weighted by atomic mass is 16.3. The zero-order valence-corrected chi connectivity index (χ0v) is 13.7. The van der Waals surface area contributed by atoms with Gasteiger partial charge in [0.15, 0.2) is 5.60 Å². The molecule has 3 rings (SSSR count). The molecule has 23 heavy (non-hydrogen) atoms. The van der Waals surface area contributed by atoms with E-state index < -0.39 is 5.60 Å². The number of carbonyl (C=O) groups excluding carboxylic acids is 1. The summed E-state index contributed by atoms with van der Waals surface area (Å²) in [7, 11) is 0. The van der Waals surface area contributed by atoms with Gasteiger partial charge in [0, 0.05) is 0 Å². The van der Waals surface area contributed by atoms with Crippen molar-refractivity contribution in [2.75, 3.05) is 5.01 Å². The summed E-state index contributed by atoms with van der Waals surface area (Å²) in [6.45, 7) is 0. The van der Waals surface area contributed by atoms with Crippen LogP contribution in [-0.4, -0.2) is 22.3 Å². The van der Waals surface area contributed by atoms with Crippen molar-refractivity contribution in [1.29, 1.82) is 0 Å². The average Bonchev–Trinajstić information content (AvgIpc) is 2.81. The molecule has 1 heterocycles. The van der Waals surface area contributed by atoms with Gasteiger partial charge in [-0.05, 0) is 37.8 Å². The van der Waals surface area contributed by atoms with Crippen LogP contribution in [0.4, 0.5) is 5.69 Å². The molecule has 4 nitrogen and oxygen atoms in total. The predicted molar refractivity (Wildman–Crippen MR) is 92.5 cm³/mol. The third-order valence-corrected chi connectivity index (χ3v) is 4.95. The van der Waals surface area contributed by atoms with E-state index in [9.17, 15) is 9.90 Å². The van der Waals surface area contributed by atoms with Gasteiger partial charge < -0.3 is 5.11 Å². The number of amides is 1. The van der Waals surface area contributed by atoms with Gasteiger partial charge in [0.1, 0.15) is 0 Å². The molecule has 2 aliphatic rings. The summed E-state index contributed by atoms with van der Waals surface area (Å²) in [5.41, 5.74) is -0.00291. The molecule has 0 radical (unpaired) electrons. The van der Waals surface area contributed by atoms with E-state index in [-0.39, 0.29) is 5.91 Å². The number of nitrogens with zero attached hydrogens (tertiary/aromatic N) is 2. The third-order valence-electron chi connectivity index (χ3n) is 4.95. The molecule has 1 amide bonds. The summed E-state index contributed by atoms with van der Waals surface area (Å²) in [6, 6.07) is 9.41. The largest absolute Gasteiger partial charge is 0.374 e. The first-order chi connectivity index (χ1) is 11.2. The Hall–Kier alpha value is -1.68. The molecule has 1 aliphatic heterocycles. The highest BCUT2D eigenvalue weighted by molar-refractivity contribution is 6.21. The second-order valence-corrected chi connectivity index (χ2v) is 6.69. The van der Waals surface area contributed by atoms with Crippen molar-refractivity contribution in [3.8, 4) is 0 Å². The minimum absolute atomic E-state index is 0.282. The summed E-state index contributed by atoms with van der Waals surface area (Å²) in [4.78, 5) is 12.8. The number of fused-ring (bicyclic) bond motifs is 1. The van der Waals surface area contributed by atoms with Crippen LogP contribution in [0.25, 0.3) is 0 Å². The van der Waals surface area contributed by atoms with Crippen molar-refractivity contribution in [3.05, 3.63) is 30.3 Å². The number of anilines is 1. The van der Waals surface area contributed by atoms with E-state index in [0.29, 0.717) is 18.6 Å². The van der Waals surface area contributed by atoms with E-state index in [1.54, 1.807) is 0 Å². The zero-order chi connectivity index (χ0) is 16.1.